The van der Waals surface area contributed by atoms with Crippen molar-refractivity contribution in [1.82, 2.24) is 5.32 Å². The number of benzene rings is 2. The van der Waals surface area contributed by atoms with E-state index in [0.717, 1.165) is 0 Å². The third kappa shape index (κ3) is 4.60. The van der Waals surface area contributed by atoms with Gasteiger partial charge in [-0.05, 0) is 38.5 Å². The number of sulfonamides is 1. The minimum atomic E-state index is -3.69. The summed E-state index contributed by atoms with van der Waals surface area (Å²) in [6, 6.07) is 15.9. The quantitative estimate of drug-likeness (QED) is 0.874. The first-order chi connectivity index (χ1) is 12.7. The highest BCUT2D eigenvalue weighted by atomic mass is 32.2. The molecule has 0 fully saturated rings. The SMILES string of the molecule is CC(C)(C)NC(=O)[C@H]1CN(S(=O)(=O)Cc2ccccc2)c2ccccc2O1. The number of anilines is 1. The minimum Gasteiger partial charge on any atom is -0.476 e. The van der Waals surface area contributed by atoms with Crippen molar-refractivity contribution >= 4 is 21.6 Å². The van der Waals surface area contributed by atoms with Crippen LogP contribution in [0.5, 0.6) is 5.75 Å². The first-order valence-corrected chi connectivity index (χ1v) is 10.4. The van der Waals surface area contributed by atoms with Gasteiger partial charge < -0.3 is 10.1 Å². The van der Waals surface area contributed by atoms with Gasteiger partial charge in [0.1, 0.15) is 5.75 Å². The molecule has 0 saturated heterocycles. The van der Waals surface area contributed by atoms with Gasteiger partial charge in [0.05, 0.1) is 18.0 Å². The molecule has 0 saturated carbocycles. The second kappa shape index (κ2) is 7.23. The Balaban J connectivity index is 1.92. The Labute approximate surface area is 160 Å². The molecule has 144 valence electrons. The van der Waals surface area contributed by atoms with E-state index in [9.17, 15) is 13.2 Å². The molecule has 0 unspecified atom stereocenters. The normalized spacial score (nSPS) is 17.0. The average molecular weight is 388 g/mol. The van der Waals surface area contributed by atoms with E-state index in [1.807, 2.05) is 26.8 Å². The zero-order valence-electron chi connectivity index (χ0n) is 15.7. The number of carbonyl (C=O) groups is 1. The van der Waals surface area contributed by atoms with E-state index in [1.165, 1.54) is 4.31 Å². The maximum Gasteiger partial charge on any atom is 0.263 e. The summed E-state index contributed by atoms with van der Waals surface area (Å²) in [6.45, 7) is 5.54. The second-order valence-corrected chi connectivity index (χ2v) is 9.48. The third-order valence-corrected chi connectivity index (χ3v) is 5.77. The number of ether oxygens (including phenoxy) is 1. The summed E-state index contributed by atoms with van der Waals surface area (Å²) < 4.78 is 33.3. The number of nitrogens with one attached hydrogen (secondary N) is 1. The smallest absolute Gasteiger partial charge is 0.263 e. The van der Waals surface area contributed by atoms with Crippen LogP contribution < -0.4 is 14.4 Å². The van der Waals surface area contributed by atoms with E-state index < -0.39 is 21.7 Å². The van der Waals surface area contributed by atoms with Crippen LogP contribution in [0.25, 0.3) is 0 Å². The van der Waals surface area contributed by atoms with Gasteiger partial charge in [0.25, 0.3) is 5.91 Å². The Morgan fingerprint density at radius 2 is 1.74 bits per heavy atom. The molecule has 1 heterocycles. The zero-order chi connectivity index (χ0) is 19.7. The lowest BCUT2D eigenvalue weighted by molar-refractivity contribution is -0.129. The predicted octanol–water partition coefficient (Wildman–Crippen LogP) is 2.70. The van der Waals surface area contributed by atoms with Crippen LogP contribution in [0.3, 0.4) is 0 Å². The van der Waals surface area contributed by atoms with E-state index in [-0.39, 0.29) is 18.2 Å². The van der Waals surface area contributed by atoms with Gasteiger partial charge in [-0.15, -0.1) is 0 Å². The van der Waals surface area contributed by atoms with E-state index in [1.54, 1.807) is 48.5 Å². The highest BCUT2D eigenvalue weighted by molar-refractivity contribution is 7.92. The molecule has 1 amide bonds. The number of para-hydroxylation sites is 2. The molecule has 1 atom stereocenters. The van der Waals surface area contributed by atoms with Crippen molar-refractivity contribution in [3.63, 3.8) is 0 Å². The fraction of sp³-hybridized carbons (Fsp3) is 0.350. The van der Waals surface area contributed by atoms with Crippen LogP contribution in [0, 0.1) is 0 Å². The summed E-state index contributed by atoms with van der Waals surface area (Å²) >= 11 is 0. The first-order valence-electron chi connectivity index (χ1n) is 8.78. The van der Waals surface area contributed by atoms with Gasteiger partial charge in [0, 0.05) is 5.54 Å². The summed E-state index contributed by atoms with van der Waals surface area (Å²) in [7, 11) is -3.69. The number of carbonyl (C=O) groups excluding carboxylic acids is 1. The van der Waals surface area contributed by atoms with Crippen LogP contribution in [0.4, 0.5) is 5.69 Å². The van der Waals surface area contributed by atoms with Crippen molar-refractivity contribution in [2.75, 3.05) is 10.8 Å². The number of fused-ring (bicyclic) bond motifs is 1. The van der Waals surface area contributed by atoms with Crippen LogP contribution in [0.15, 0.2) is 54.6 Å². The summed E-state index contributed by atoms with van der Waals surface area (Å²) in [5.41, 5.74) is 0.705. The fourth-order valence-electron chi connectivity index (χ4n) is 2.92. The van der Waals surface area contributed by atoms with Gasteiger partial charge in [-0.25, -0.2) is 8.42 Å². The van der Waals surface area contributed by atoms with Crippen molar-refractivity contribution < 1.29 is 17.9 Å². The van der Waals surface area contributed by atoms with Gasteiger partial charge in [-0.3, -0.25) is 9.10 Å². The lowest BCUT2D eigenvalue weighted by Crippen LogP contribution is -2.54. The van der Waals surface area contributed by atoms with Gasteiger partial charge in [0.2, 0.25) is 10.0 Å². The standard InChI is InChI=1S/C20H24N2O4S/c1-20(2,3)21-19(23)18-13-22(16-11-7-8-12-17(16)26-18)27(24,25)14-15-9-5-4-6-10-15/h4-12,18H,13-14H2,1-3H3,(H,21,23)/t18-/m1/s1. The molecule has 0 aliphatic carbocycles. The molecule has 27 heavy (non-hydrogen) atoms. The Morgan fingerprint density at radius 1 is 1.11 bits per heavy atom. The van der Waals surface area contributed by atoms with Crippen LogP contribution >= 0.6 is 0 Å². The molecule has 1 N–H and O–H groups in total. The molecule has 7 heteroatoms. The van der Waals surface area contributed by atoms with Crippen LogP contribution in [0.1, 0.15) is 26.3 Å². The second-order valence-electron chi connectivity index (χ2n) is 7.59. The summed E-state index contributed by atoms with van der Waals surface area (Å²) in [5, 5.41) is 2.86. The van der Waals surface area contributed by atoms with E-state index in [4.69, 9.17) is 4.74 Å². The van der Waals surface area contributed by atoms with E-state index >= 15 is 0 Å². The molecule has 1 aliphatic heterocycles. The molecule has 0 bridgehead atoms. The number of amides is 1. The van der Waals surface area contributed by atoms with Crippen LogP contribution in [-0.2, 0) is 20.6 Å². The maximum absolute atomic E-state index is 13.1. The number of nitrogens with zero attached hydrogens (tertiary/aromatic N) is 1. The maximum atomic E-state index is 13.1. The molecular formula is C20H24N2O4S. The molecular weight excluding hydrogens is 364 g/mol. The lowest BCUT2D eigenvalue weighted by Gasteiger charge is -2.35. The van der Waals surface area contributed by atoms with E-state index in [0.29, 0.717) is 17.0 Å². The average Bonchev–Trinajstić information content (AvgIpc) is 2.59. The lowest BCUT2D eigenvalue weighted by atomic mass is 10.1. The minimum absolute atomic E-state index is 0.0614. The Bertz CT molecular complexity index is 920. The Kier molecular flexibility index (Phi) is 5.15. The topological polar surface area (TPSA) is 75.7 Å². The molecule has 6 nitrogen and oxygen atoms in total. The van der Waals surface area contributed by atoms with Gasteiger partial charge in [-0.2, -0.15) is 0 Å². The van der Waals surface area contributed by atoms with Crippen molar-refractivity contribution in [2.45, 2.75) is 38.2 Å². The molecule has 0 spiro atoms. The van der Waals surface area contributed by atoms with E-state index in [2.05, 4.69) is 5.32 Å². The highest BCUT2D eigenvalue weighted by Crippen LogP contribution is 2.35. The fourth-order valence-corrected chi connectivity index (χ4v) is 4.50. The zero-order valence-corrected chi connectivity index (χ0v) is 16.5. The Morgan fingerprint density at radius 3 is 2.41 bits per heavy atom. The molecule has 0 aromatic heterocycles. The van der Waals surface area contributed by atoms with Crippen LogP contribution in [-0.4, -0.2) is 32.5 Å². The van der Waals surface area contributed by atoms with Gasteiger partial charge in [-0.1, -0.05) is 42.5 Å². The molecule has 2 aromatic rings. The van der Waals surface area contributed by atoms with Crippen molar-refractivity contribution in [3.8, 4) is 5.75 Å². The van der Waals surface area contributed by atoms with Crippen molar-refractivity contribution in [1.29, 1.82) is 0 Å². The highest BCUT2D eigenvalue weighted by Gasteiger charge is 2.37. The monoisotopic (exact) mass is 388 g/mol. The van der Waals surface area contributed by atoms with Crippen molar-refractivity contribution in [2.24, 2.45) is 0 Å². The molecule has 2 aromatic carbocycles. The van der Waals surface area contributed by atoms with Gasteiger partial charge in [0.15, 0.2) is 6.10 Å². The number of hydrogen-bond acceptors (Lipinski definition) is 4. The summed E-state index contributed by atoms with van der Waals surface area (Å²) in [6.07, 6.45) is -0.912. The number of rotatable bonds is 4. The molecule has 1 aliphatic rings. The summed E-state index contributed by atoms with van der Waals surface area (Å²) in [4.78, 5) is 12.6. The molecule has 3 rings (SSSR count). The van der Waals surface area contributed by atoms with Gasteiger partial charge >= 0.3 is 0 Å². The Hall–Kier alpha value is -2.54. The molecule has 0 radical (unpaired) electrons. The third-order valence-electron chi connectivity index (χ3n) is 4.05. The summed E-state index contributed by atoms with van der Waals surface area (Å²) in [5.74, 6) is -0.0955. The van der Waals surface area contributed by atoms with Crippen molar-refractivity contribution in [3.05, 3.63) is 60.2 Å². The predicted molar refractivity (Wildman–Crippen MR) is 105 cm³/mol. The number of hydrogen-bond donors (Lipinski definition) is 1. The first kappa shape index (κ1) is 19.2. The largest absolute Gasteiger partial charge is 0.476 e. The van der Waals surface area contributed by atoms with Crippen LogP contribution in [0.2, 0.25) is 0 Å².